The van der Waals surface area contributed by atoms with Crippen molar-refractivity contribution in [3.8, 4) is 6.07 Å². The van der Waals surface area contributed by atoms with E-state index in [1.807, 2.05) is 6.07 Å². The first-order valence-corrected chi connectivity index (χ1v) is 4.57. The van der Waals surface area contributed by atoms with E-state index in [4.69, 9.17) is 5.26 Å². The van der Waals surface area contributed by atoms with Crippen LogP contribution in [0.4, 0.5) is 0 Å². The Morgan fingerprint density at radius 3 is 2.81 bits per heavy atom. The van der Waals surface area contributed by atoms with Crippen molar-refractivity contribution < 1.29 is 14.3 Å². The van der Waals surface area contributed by atoms with E-state index in [0.29, 0.717) is 11.1 Å². The summed E-state index contributed by atoms with van der Waals surface area (Å²) in [5.74, 6) is -1.23. The van der Waals surface area contributed by atoms with Crippen LogP contribution in [0, 0.1) is 11.3 Å². The van der Waals surface area contributed by atoms with Crippen LogP contribution >= 0.6 is 0 Å². The number of methoxy groups -OCH3 is 1. The minimum absolute atomic E-state index is 0.328. The highest BCUT2D eigenvalue weighted by atomic mass is 16.5. The Morgan fingerprint density at radius 2 is 2.19 bits per heavy atom. The summed E-state index contributed by atoms with van der Waals surface area (Å²) < 4.78 is 4.56. The van der Waals surface area contributed by atoms with Crippen LogP contribution in [0.2, 0.25) is 0 Å². The number of nitrogens with zero attached hydrogens (tertiary/aromatic N) is 1. The van der Waals surface area contributed by atoms with Crippen LogP contribution < -0.4 is 5.32 Å². The monoisotopic (exact) mass is 216 g/mol. The van der Waals surface area contributed by atoms with E-state index in [9.17, 15) is 9.59 Å². The van der Waals surface area contributed by atoms with Gasteiger partial charge < -0.3 is 10.1 Å². The Kier molecular flexibility index (Phi) is 2.13. The number of fused-ring (bicyclic) bond motifs is 1. The molecule has 1 aromatic rings. The third-order valence-electron chi connectivity index (χ3n) is 2.54. The predicted molar refractivity (Wildman–Crippen MR) is 53.2 cm³/mol. The van der Waals surface area contributed by atoms with E-state index in [1.165, 1.54) is 7.11 Å². The molecule has 1 aliphatic rings. The van der Waals surface area contributed by atoms with Gasteiger partial charge in [0, 0.05) is 11.1 Å². The highest BCUT2D eigenvalue weighted by Gasteiger charge is 2.50. The molecule has 1 aliphatic heterocycles. The molecule has 0 saturated carbocycles. The Balaban J connectivity index is 2.66. The van der Waals surface area contributed by atoms with E-state index in [1.54, 1.807) is 24.3 Å². The van der Waals surface area contributed by atoms with Gasteiger partial charge in [-0.15, -0.1) is 0 Å². The molecule has 1 aromatic carbocycles. The summed E-state index contributed by atoms with van der Waals surface area (Å²) >= 11 is 0. The van der Waals surface area contributed by atoms with Gasteiger partial charge in [0.2, 0.25) is 0 Å². The third kappa shape index (κ3) is 1.10. The second-order valence-electron chi connectivity index (χ2n) is 3.35. The zero-order chi connectivity index (χ0) is 11.8. The largest absolute Gasteiger partial charge is 0.466 e. The average molecular weight is 216 g/mol. The van der Waals surface area contributed by atoms with Gasteiger partial charge in [-0.2, -0.15) is 5.26 Å². The van der Waals surface area contributed by atoms with Crippen LogP contribution in [0.3, 0.4) is 0 Å². The first kappa shape index (κ1) is 10.2. The van der Waals surface area contributed by atoms with Crippen LogP contribution in [0.1, 0.15) is 15.9 Å². The number of nitrogens with one attached hydrogen (secondary N) is 1. The molecule has 5 nitrogen and oxygen atoms in total. The topological polar surface area (TPSA) is 79.2 Å². The van der Waals surface area contributed by atoms with Gasteiger partial charge in [-0.1, -0.05) is 18.2 Å². The number of ether oxygens (including phenoxy) is 1. The van der Waals surface area contributed by atoms with Crippen molar-refractivity contribution in [2.24, 2.45) is 0 Å². The quantitative estimate of drug-likeness (QED) is 0.686. The summed E-state index contributed by atoms with van der Waals surface area (Å²) in [4.78, 5) is 23.2. The fourth-order valence-electron chi connectivity index (χ4n) is 1.76. The summed E-state index contributed by atoms with van der Waals surface area (Å²) in [5, 5.41) is 11.5. The standard InChI is InChI=1S/C11H8N2O3/c1-16-10(15)11(6-12)8-5-3-2-4-7(8)9(14)13-11/h2-5H,1H3,(H,13,14)/t11-/m0/s1. The number of carbonyl (C=O) groups is 2. The predicted octanol–water partition coefficient (Wildman–Crippen LogP) is 0.322. The number of amides is 1. The smallest absolute Gasteiger partial charge is 0.351 e. The van der Waals surface area contributed by atoms with Gasteiger partial charge in [0.25, 0.3) is 11.4 Å². The molecule has 2 rings (SSSR count). The number of rotatable bonds is 1. The lowest BCUT2D eigenvalue weighted by Crippen LogP contribution is -2.46. The highest BCUT2D eigenvalue weighted by molar-refractivity contribution is 6.07. The molecule has 0 aromatic heterocycles. The SMILES string of the molecule is COC(=O)[C@@]1(C#N)NC(=O)c2ccccc21. The van der Waals surface area contributed by atoms with Gasteiger partial charge in [-0.3, -0.25) is 4.79 Å². The minimum Gasteiger partial charge on any atom is -0.466 e. The third-order valence-corrected chi connectivity index (χ3v) is 2.54. The zero-order valence-corrected chi connectivity index (χ0v) is 8.48. The average Bonchev–Trinajstić information content (AvgIpc) is 2.63. The molecule has 1 amide bonds. The molecular weight excluding hydrogens is 208 g/mol. The summed E-state index contributed by atoms with van der Waals surface area (Å²) in [6.07, 6.45) is 0. The van der Waals surface area contributed by atoms with Gasteiger partial charge in [0.1, 0.15) is 6.07 Å². The highest BCUT2D eigenvalue weighted by Crippen LogP contribution is 2.31. The molecular formula is C11H8N2O3. The number of benzene rings is 1. The lowest BCUT2D eigenvalue weighted by molar-refractivity contribution is -0.145. The summed E-state index contributed by atoms with van der Waals surface area (Å²) in [6, 6.07) is 8.26. The van der Waals surface area contributed by atoms with Gasteiger partial charge in [-0.05, 0) is 6.07 Å². The molecule has 0 spiro atoms. The minimum atomic E-state index is -1.71. The molecule has 1 heterocycles. The van der Waals surface area contributed by atoms with Crippen molar-refractivity contribution >= 4 is 11.9 Å². The van der Waals surface area contributed by atoms with E-state index in [-0.39, 0.29) is 0 Å². The fourth-order valence-corrected chi connectivity index (χ4v) is 1.76. The van der Waals surface area contributed by atoms with E-state index < -0.39 is 17.4 Å². The van der Waals surface area contributed by atoms with Gasteiger partial charge in [0.05, 0.1) is 7.11 Å². The molecule has 16 heavy (non-hydrogen) atoms. The molecule has 0 fully saturated rings. The number of nitriles is 1. The molecule has 80 valence electrons. The lowest BCUT2D eigenvalue weighted by atomic mass is 9.92. The van der Waals surface area contributed by atoms with Crippen LogP contribution in [0.25, 0.3) is 0 Å². The first-order valence-electron chi connectivity index (χ1n) is 4.57. The fraction of sp³-hybridized carbons (Fsp3) is 0.182. The second-order valence-corrected chi connectivity index (χ2v) is 3.35. The van der Waals surface area contributed by atoms with E-state index in [0.717, 1.165) is 0 Å². The summed E-state index contributed by atoms with van der Waals surface area (Å²) in [7, 11) is 1.18. The number of carbonyl (C=O) groups excluding carboxylic acids is 2. The molecule has 0 bridgehead atoms. The van der Waals surface area contributed by atoms with Crippen molar-refractivity contribution in [2.45, 2.75) is 5.54 Å². The van der Waals surface area contributed by atoms with Crippen LogP contribution in [0.5, 0.6) is 0 Å². The van der Waals surface area contributed by atoms with Gasteiger partial charge in [0.15, 0.2) is 0 Å². The van der Waals surface area contributed by atoms with Crippen molar-refractivity contribution in [3.05, 3.63) is 35.4 Å². The molecule has 1 atom stereocenters. The molecule has 0 unspecified atom stereocenters. The van der Waals surface area contributed by atoms with Crippen molar-refractivity contribution in [1.29, 1.82) is 5.26 Å². The molecule has 0 aliphatic carbocycles. The molecule has 5 heteroatoms. The van der Waals surface area contributed by atoms with Gasteiger partial charge in [-0.25, -0.2) is 4.79 Å². The van der Waals surface area contributed by atoms with Crippen molar-refractivity contribution in [3.63, 3.8) is 0 Å². The zero-order valence-electron chi connectivity index (χ0n) is 8.48. The van der Waals surface area contributed by atoms with Gasteiger partial charge >= 0.3 is 5.97 Å². The number of hydrogen-bond acceptors (Lipinski definition) is 4. The Bertz CT molecular complexity index is 518. The normalized spacial score (nSPS) is 21.9. The van der Waals surface area contributed by atoms with E-state index >= 15 is 0 Å². The Labute approximate surface area is 91.6 Å². The lowest BCUT2D eigenvalue weighted by Gasteiger charge is -2.18. The Hall–Kier alpha value is -2.35. The molecule has 0 saturated heterocycles. The number of esters is 1. The van der Waals surface area contributed by atoms with E-state index in [2.05, 4.69) is 10.1 Å². The molecule has 0 radical (unpaired) electrons. The maximum absolute atomic E-state index is 11.6. The molecule has 1 N–H and O–H groups in total. The van der Waals surface area contributed by atoms with Crippen LogP contribution in [-0.2, 0) is 15.1 Å². The summed E-state index contributed by atoms with van der Waals surface area (Å²) in [6.45, 7) is 0. The maximum Gasteiger partial charge on any atom is 0.351 e. The van der Waals surface area contributed by atoms with Crippen LogP contribution in [0.15, 0.2) is 24.3 Å². The van der Waals surface area contributed by atoms with Crippen LogP contribution in [-0.4, -0.2) is 19.0 Å². The number of hydrogen-bond donors (Lipinski definition) is 1. The Morgan fingerprint density at radius 1 is 1.50 bits per heavy atom. The second kappa shape index (κ2) is 3.35. The van der Waals surface area contributed by atoms with Crippen molar-refractivity contribution in [1.82, 2.24) is 5.32 Å². The first-order chi connectivity index (χ1) is 7.65. The summed E-state index contributed by atoms with van der Waals surface area (Å²) in [5.41, 5.74) is -1.04. The van der Waals surface area contributed by atoms with Crippen molar-refractivity contribution in [2.75, 3.05) is 7.11 Å². The maximum atomic E-state index is 11.6.